The minimum Gasteiger partial charge on any atom is -0.337 e. The minimum absolute atomic E-state index is 0.0859. The van der Waals surface area contributed by atoms with Crippen molar-refractivity contribution >= 4 is 5.91 Å². The number of nitrogens with zero attached hydrogens (tertiary/aromatic N) is 3. The molecule has 2 aliphatic heterocycles. The Morgan fingerprint density at radius 3 is 2.42 bits per heavy atom. The predicted molar refractivity (Wildman–Crippen MR) is 127 cm³/mol. The van der Waals surface area contributed by atoms with Crippen LogP contribution in [0.25, 0.3) is 0 Å². The van der Waals surface area contributed by atoms with Crippen LogP contribution in [0, 0.1) is 17.6 Å². The zero-order chi connectivity index (χ0) is 23.9. The number of carbonyl (C=O) groups is 1. The Morgan fingerprint density at radius 2 is 1.79 bits per heavy atom. The quantitative estimate of drug-likeness (QED) is 0.746. The van der Waals surface area contributed by atoms with Crippen molar-refractivity contribution in [3.8, 4) is 0 Å². The van der Waals surface area contributed by atoms with Gasteiger partial charge in [-0.05, 0) is 52.2 Å². The summed E-state index contributed by atoms with van der Waals surface area (Å²) in [6.07, 6.45) is 4.64. The van der Waals surface area contributed by atoms with Crippen molar-refractivity contribution in [2.24, 2.45) is 11.7 Å². The normalized spacial score (nSPS) is 32.3. The van der Waals surface area contributed by atoms with Gasteiger partial charge in [-0.25, -0.2) is 8.78 Å². The summed E-state index contributed by atoms with van der Waals surface area (Å²) in [4.78, 5) is 20.6. The van der Waals surface area contributed by atoms with Crippen LogP contribution in [0.15, 0.2) is 18.2 Å². The zero-order valence-electron chi connectivity index (χ0n) is 20.6. The molecule has 1 aromatic rings. The molecule has 1 aromatic carbocycles. The van der Waals surface area contributed by atoms with Gasteiger partial charge in [-0.15, -0.1) is 0 Å². The van der Waals surface area contributed by atoms with Crippen LogP contribution in [-0.2, 0) is 4.79 Å². The van der Waals surface area contributed by atoms with Crippen molar-refractivity contribution in [2.75, 3.05) is 32.7 Å². The second-order valence-corrected chi connectivity index (χ2v) is 11.3. The SMILES string of the molecule is C[C@H]1CN(C2CCCCC2N)CCN1C(=O)[C@@H]1CN(C(C)(C)C)C[C@H]1c1ccc(F)cc1F. The van der Waals surface area contributed by atoms with E-state index in [-0.39, 0.29) is 35.4 Å². The van der Waals surface area contributed by atoms with Crippen molar-refractivity contribution in [1.29, 1.82) is 0 Å². The van der Waals surface area contributed by atoms with E-state index in [4.69, 9.17) is 5.73 Å². The molecule has 7 heteroatoms. The Hall–Kier alpha value is -1.57. The van der Waals surface area contributed by atoms with Crippen molar-refractivity contribution in [3.63, 3.8) is 0 Å². The Labute approximate surface area is 197 Å². The molecule has 0 aromatic heterocycles. The van der Waals surface area contributed by atoms with Crippen LogP contribution in [0.3, 0.4) is 0 Å². The highest BCUT2D eigenvalue weighted by molar-refractivity contribution is 5.81. The molecule has 0 radical (unpaired) electrons. The second-order valence-electron chi connectivity index (χ2n) is 11.3. The number of nitrogens with two attached hydrogens (primary N) is 1. The van der Waals surface area contributed by atoms with E-state index in [1.165, 1.54) is 25.0 Å². The van der Waals surface area contributed by atoms with Gasteiger partial charge in [0.1, 0.15) is 11.6 Å². The summed E-state index contributed by atoms with van der Waals surface area (Å²) in [5.74, 6) is -1.67. The molecule has 2 saturated heterocycles. The highest BCUT2D eigenvalue weighted by Crippen LogP contribution is 2.39. The van der Waals surface area contributed by atoms with E-state index in [1.807, 2.05) is 4.90 Å². The van der Waals surface area contributed by atoms with E-state index >= 15 is 0 Å². The first-order valence-corrected chi connectivity index (χ1v) is 12.6. The van der Waals surface area contributed by atoms with Gasteiger partial charge < -0.3 is 10.6 Å². The minimum atomic E-state index is -0.588. The van der Waals surface area contributed by atoms with Crippen molar-refractivity contribution in [1.82, 2.24) is 14.7 Å². The molecule has 3 fully saturated rings. The number of halogens is 2. The van der Waals surface area contributed by atoms with E-state index in [9.17, 15) is 13.6 Å². The third-order valence-corrected chi connectivity index (χ3v) is 8.14. The summed E-state index contributed by atoms with van der Waals surface area (Å²) in [5, 5.41) is 0. The van der Waals surface area contributed by atoms with E-state index in [1.54, 1.807) is 0 Å². The smallest absolute Gasteiger partial charge is 0.227 e. The van der Waals surface area contributed by atoms with Gasteiger partial charge in [-0.3, -0.25) is 14.6 Å². The zero-order valence-corrected chi connectivity index (χ0v) is 20.6. The van der Waals surface area contributed by atoms with Crippen LogP contribution in [-0.4, -0.2) is 77.0 Å². The lowest BCUT2D eigenvalue weighted by Crippen LogP contribution is -2.61. The lowest BCUT2D eigenvalue weighted by Gasteiger charge is -2.46. The van der Waals surface area contributed by atoms with Crippen LogP contribution in [0.5, 0.6) is 0 Å². The number of hydrogen-bond donors (Lipinski definition) is 1. The summed E-state index contributed by atoms with van der Waals surface area (Å²) < 4.78 is 28.4. The third kappa shape index (κ3) is 5.10. The largest absolute Gasteiger partial charge is 0.337 e. The van der Waals surface area contributed by atoms with Gasteiger partial charge in [0.25, 0.3) is 0 Å². The van der Waals surface area contributed by atoms with E-state index < -0.39 is 11.6 Å². The average Bonchev–Trinajstić information content (AvgIpc) is 3.19. The second kappa shape index (κ2) is 9.59. The standard InChI is InChI=1S/C26H40F2N4O/c1-17-14-30(24-8-6-5-7-23(24)29)11-12-32(17)25(33)21-16-31(26(2,3)4)15-20(21)19-10-9-18(27)13-22(19)28/h9-10,13,17,20-21,23-24H,5-8,11-12,14-16,29H2,1-4H3/t17-,20-,21+,23?,24?/m0/s1. The summed E-state index contributed by atoms with van der Waals surface area (Å²) in [7, 11) is 0. The van der Waals surface area contributed by atoms with Crippen molar-refractivity contribution in [3.05, 3.63) is 35.4 Å². The lowest BCUT2D eigenvalue weighted by molar-refractivity contribution is -0.141. The molecular formula is C26H40F2N4O. The molecule has 1 aliphatic carbocycles. The number of piperazine rings is 1. The molecule has 0 spiro atoms. The molecule has 1 saturated carbocycles. The first-order valence-electron chi connectivity index (χ1n) is 12.6. The first kappa shape index (κ1) is 24.6. The summed E-state index contributed by atoms with van der Waals surface area (Å²) in [5.41, 5.74) is 6.73. The maximum Gasteiger partial charge on any atom is 0.227 e. The molecule has 5 nitrogen and oxygen atoms in total. The molecule has 5 atom stereocenters. The molecule has 4 rings (SSSR count). The van der Waals surface area contributed by atoms with Crippen molar-refractivity contribution < 1.29 is 13.6 Å². The molecule has 2 heterocycles. The number of likely N-dealkylation sites (tertiary alicyclic amines) is 1. The molecule has 2 unspecified atom stereocenters. The van der Waals surface area contributed by atoms with Crippen molar-refractivity contribution in [2.45, 2.75) is 83.0 Å². The Balaban J connectivity index is 1.52. The molecule has 184 valence electrons. The average molecular weight is 463 g/mol. The topological polar surface area (TPSA) is 52.8 Å². The van der Waals surface area contributed by atoms with Gasteiger partial charge in [0.2, 0.25) is 5.91 Å². The molecule has 0 bridgehead atoms. The fourth-order valence-corrected chi connectivity index (χ4v) is 6.14. The summed E-state index contributed by atoms with van der Waals surface area (Å²) in [6.45, 7) is 12.0. The Morgan fingerprint density at radius 1 is 1.06 bits per heavy atom. The number of hydrogen-bond acceptors (Lipinski definition) is 4. The third-order valence-electron chi connectivity index (χ3n) is 8.14. The predicted octanol–water partition coefficient (Wildman–Crippen LogP) is 3.58. The fourth-order valence-electron chi connectivity index (χ4n) is 6.14. The molecule has 33 heavy (non-hydrogen) atoms. The lowest BCUT2D eigenvalue weighted by atomic mass is 9.86. The highest BCUT2D eigenvalue weighted by Gasteiger charge is 2.46. The van der Waals surface area contributed by atoms with Crippen LogP contribution >= 0.6 is 0 Å². The van der Waals surface area contributed by atoms with Crippen LogP contribution < -0.4 is 5.73 Å². The van der Waals surface area contributed by atoms with E-state index in [0.717, 1.165) is 32.0 Å². The van der Waals surface area contributed by atoms with Crippen LogP contribution in [0.4, 0.5) is 8.78 Å². The number of carbonyl (C=O) groups excluding carboxylic acids is 1. The number of amides is 1. The maximum absolute atomic E-state index is 14.8. The molecular weight excluding hydrogens is 422 g/mol. The van der Waals surface area contributed by atoms with E-state index in [0.29, 0.717) is 31.2 Å². The summed E-state index contributed by atoms with van der Waals surface area (Å²) in [6, 6.07) is 4.47. The van der Waals surface area contributed by atoms with Gasteiger partial charge in [-0.2, -0.15) is 0 Å². The maximum atomic E-state index is 14.8. The first-order chi connectivity index (χ1) is 15.6. The molecule has 3 aliphatic rings. The highest BCUT2D eigenvalue weighted by atomic mass is 19.1. The van der Waals surface area contributed by atoms with Gasteiger partial charge in [0, 0.05) is 68.4 Å². The van der Waals surface area contributed by atoms with Crippen LogP contribution in [0.2, 0.25) is 0 Å². The molecule has 1 amide bonds. The van der Waals surface area contributed by atoms with Gasteiger partial charge in [0.05, 0.1) is 5.92 Å². The molecule has 2 N–H and O–H groups in total. The van der Waals surface area contributed by atoms with Gasteiger partial charge >= 0.3 is 0 Å². The van der Waals surface area contributed by atoms with Gasteiger partial charge in [0.15, 0.2) is 0 Å². The van der Waals surface area contributed by atoms with Crippen LogP contribution in [0.1, 0.15) is 64.9 Å². The van der Waals surface area contributed by atoms with E-state index in [2.05, 4.69) is 37.5 Å². The Kier molecular flexibility index (Phi) is 7.13. The number of rotatable bonds is 3. The monoisotopic (exact) mass is 462 g/mol. The Bertz CT molecular complexity index is 857. The fraction of sp³-hybridized carbons (Fsp3) is 0.731. The summed E-state index contributed by atoms with van der Waals surface area (Å²) >= 11 is 0. The number of benzene rings is 1. The van der Waals surface area contributed by atoms with Gasteiger partial charge in [-0.1, -0.05) is 18.9 Å².